The van der Waals surface area contributed by atoms with Crippen LogP contribution in [0.25, 0.3) is 0 Å². The summed E-state index contributed by atoms with van der Waals surface area (Å²) < 4.78 is 44.1. The van der Waals surface area contributed by atoms with Gasteiger partial charge in [-0.15, -0.1) is 0 Å². The van der Waals surface area contributed by atoms with Crippen molar-refractivity contribution in [3.05, 3.63) is 77.0 Å². The predicted octanol–water partition coefficient (Wildman–Crippen LogP) is 2.57. The molecule has 0 saturated carbocycles. The molecule has 2 amide bonds. The number of guanidine groups is 1. The molecule has 0 spiro atoms. The average Bonchev–Trinajstić information content (AvgIpc) is 2.87. The van der Waals surface area contributed by atoms with Crippen LogP contribution in [0.1, 0.15) is 18.1 Å². The first-order chi connectivity index (χ1) is 17.4. The minimum absolute atomic E-state index is 0.0512. The number of urea groups is 1. The van der Waals surface area contributed by atoms with Crippen molar-refractivity contribution in [1.82, 2.24) is 4.90 Å². The van der Waals surface area contributed by atoms with Crippen LogP contribution in [0.2, 0.25) is 0 Å². The van der Waals surface area contributed by atoms with Gasteiger partial charge in [0.25, 0.3) is 0 Å². The van der Waals surface area contributed by atoms with E-state index in [2.05, 4.69) is 0 Å². The molecule has 0 aliphatic carbocycles. The number of nitrogens with zero attached hydrogens (tertiary/aromatic N) is 3. The molecule has 0 aromatic heterocycles. The van der Waals surface area contributed by atoms with E-state index < -0.39 is 55.6 Å². The second-order valence-electron chi connectivity index (χ2n) is 7.61. The monoisotopic (exact) mass is 519 g/mol. The van der Waals surface area contributed by atoms with Crippen molar-refractivity contribution in [2.45, 2.75) is 19.2 Å². The fourth-order valence-corrected chi connectivity index (χ4v) is 3.12. The number of nitrogens with two attached hydrogens (primary N) is 1. The number of anilines is 1. The number of halogens is 3. The number of alkyl halides is 3. The van der Waals surface area contributed by atoms with Crippen molar-refractivity contribution in [1.29, 1.82) is 10.7 Å². The normalized spacial score (nSPS) is 14.4. The third-order valence-corrected chi connectivity index (χ3v) is 5.02. The lowest BCUT2D eigenvalue weighted by Gasteiger charge is -2.37. The zero-order chi connectivity index (χ0) is 27.8. The van der Waals surface area contributed by atoms with E-state index in [1.807, 2.05) is 24.3 Å². The zero-order valence-electron chi connectivity index (χ0n) is 19.6. The van der Waals surface area contributed by atoms with E-state index in [1.54, 1.807) is 12.1 Å². The molecule has 0 bridgehead atoms. The van der Waals surface area contributed by atoms with Gasteiger partial charge in [-0.2, -0.15) is 18.4 Å². The molecule has 13 heteroatoms. The van der Waals surface area contributed by atoms with Gasteiger partial charge in [0.15, 0.2) is 0 Å². The summed E-state index contributed by atoms with van der Waals surface area (Å²) in [5.74, 6) is -1.52. The summed E-state index contributed by atoms with van der Waals surface area (Å²) in [5, 5.41) is 34.6. The van der Waals surface area contributed by atoms with Gasteiger partial charge in [-0.25, -0.2) is 9.59 Å². The van der Waals surface area contributed by atoms with E-state index in [0.717, 1.165) is 23.1 Å². The van der Waals surface area contributed by atoms with E-state index in [0.29, 0.717) is 10.5 Å². The SMILES string of the molecule is CC1=C(C(=O)OCC(O)CO)CN(C(N)=O)C(=N)N1c1cccc(C(F)(F)F)c1.N#Cc1ccccc1. The number of amides is 2. The van der Waals surface area contributed by atoms with Crippen LogP contribution in [0.5, 0.6) is 0 Å². The van der Waals surface area contributed by atoms with Gasteiger partial charge in [-0.05, 0) is 37.3 Å². The highest BCUT2D eigenvalue weighted by molar-refractivity contribution is 6.09. The number of hydrogen-bond donors (Lipinski definition) is 4. The molecule has 0 fully saturated rings. The molecule has 3 rings (SSSR count). The molecule has 196 valence electrons. The summed E-state index contributed by atoms with van der Waals surface area (Å²) in [4.78, 5) is 25.7. The molecular formula is C24H24F3N5O5. The molecule has 2 aromatic carbocycles. The minimum atomic E-state index is -4.64. The Kier molecular flexibility index (Phi) is 9.75. The van der Waals surface area contributed by atoms with Crippen molar-refractivity contribution >= 4 is 23.6 Å². The molecule has 1 aliphatic heterocycles. The third kappa shape index (κ3) is 7.53. The Morgan fingerprint density at radius 3 is 2.38 bits per heavy atom. The van der Waals surface area contributed by atoms with E-state index in [4.69, 9.17) is 26.2 Å². The molecule has 1 unspecified atom stereocenters. The molecule has 1 atom stereocenters. The maximum Gasteiger partial charge on any atom is 0.416 e. The van der Waals surface area contributed by atoms with Crippen molar-refractivity contribution in [3.63, 3.8) is 0 Å². The summed E-state index contributed by atoms with van der Waals surface area (Å²) >= 11 is 0. The van der Waals surface area contributed by atoms with Crippen LogP contribution in [0.4, 0.5) is 23.7 Å². The van der Waals surface area contributed by atoms with Gasteiger partial charge in [-0.3, -0.25) is 15.2 Å². The minimum Gasteiger partial charge on any atom is -0.459 e. The first kappa shape index (κ1) is 28.8. The number of rotatable bonds is 5. The fraction of sp³-hybridized carbons (Fsp3) is 0.250. The quantitative estimate of drug-likeness (QED) is 0.441. The molecule has 2 aromatic rings. The summed E-state index contributed by atoms with van der Waals surface area (Å²) in [7, 11) is 0. The number of ether oxygens (including phenoxy) is 1. The number of aliphatic hydroxyl groups is 2. The van der Waals surface area contributed by atoms with Crippen LogP contribution in [0.15, 0.2) is 65.9 Å². The fourth-order valence-electron chi connectivity index (χ4n) is 3.12. The van der Waals surface area contributed by atoms with Crippen LogP contribution in [0, 0.1) is 16.7 Å². The topological polar surface area (TPSA) is 164 Å². The number of primary amides is 1. The predicted molar refractivity (Wildman–Crippen MR) is 126 cm³/mol. The Morgan fingerprint density at radius 2 is 1.86 bits per heavy atom. The van der Waals surface area contributed by atoms with Crippen LogP contribution in [-0.4, -0.2) is 58.9 Å². The Bertz CT molecular complexity index is 1210. The number of esters is 1. The summed E-state index contributed by atoms with van der Waals surface area (Å²) in [5.41, 5.74) is 4.76. The zero-order valence-corrected chi connectivity index (χ0v) is 19.6. The maximum absolute atomic E-state index is 13.1. The highest BCUT2D eigenvalue weighted by atomic mass is 19.4. The number of carbonyl (C=O) groups is 2. The van der Waals surface area contributed by atoms with Crippen molar-refractivity contribution < 1.29 is 37.7 Å². The van der Waals surface area contributed by atoms with Crippen molar-refractivity contribution in [2.75, 3.05) is 24.7 Å². The molecule has 37 heavy (non-hydrogen) atoms. The van der Waals surface area contributed by atoms with Crippen LogP contribution in [-0.2, 0) is 15.7 Å². The standard InChI is InChI=1S/C17H19F3N4O5.C7H5N/c1-9-13(14(27)29-8-12(26)7-25)6-23(16(22)28)15(21)24(9)11-4-2-3-10(5-11)17(18,19)20;8-6-7-4-2-1-3-5-7/h2-5,12,21,25-26H,6-8H2,1H3,(H2,22,28);1-5H. The largest absolute Gasteiger partial charge is 0.459 e. The molecule has 1 heterocycles. The van der Waals surface area contributed by atoms with Crippen molar-refractivity contribution in [3.8, 4) is 6.07 Å². The smallest absolute Gasteiger partial charge is 0.416 e. The second-order valence-corrected chi connectivity index (χ2v) is 7.61. The molecule has 5 N–H and O–H groups in total. The van der Waals surface area contributed by atoms with Gasteiger partial charge < -0.3 is 20.7 Å². The Balaban J connectivity index is 0.000000510. The number of benzene rings is 2. The van der Waals surface area contributed by atoms with E-state index in [1.165, 1.54) is 13.0 Å². The van der Waals surface area contributed by atoms with Gasteiger partial charge >= 0.3 is 18.2 Å². The number of nitrogens with one attached hydrogen (secondary N) is 1. The summed E-state index contributed by atoms with van der Waals surface area (Å²) in [6.45, 7) is -0.265. The number of nitriles is 1. The summed E-state index contributed by atoms with van der Waals surface area (Å²) in [6, 6.07) is 14.1. The van der Waals surface area contributed by atoms with Crippen LogP contribution >= 0.6 is 0 Å². The first-order valence-electron chi connectivity index (χ1n) is 10.6. The third-order valence-electron chi connectivity index (χ3n) is 5.02. The Hall–Kier alpha value is -4.41. The summed E-state index contributed by atoms with van der Waals surface area (Å²) in [6.07, 6.45) is -5.97. The van der Waals surface area contributed by atoms with Gasteiger partial charge in [0.05, 0.1) is 35.9 Å². The lowest BCUT2D eigenvalue weighted by molar-refractivity contribution is -0.143. The van der Waals surface area contributed by atoms with Gasteiger partial charge in [-0.1, -0.05) is 24.3 Å². The molecule has 10 nitrogen and oxygen atoms in total. The first-order valence-corrected chi connectivity index (χ1v) is 10.6. The van der Waals surface area contributed by atoms with E-state index in [9.17, 15) is 27.9 Å². The lowest BCUT2D eigenvalue weighted by atomic mass is 10.1. The van der Waals surface area contributed by atoms with E-state index >= 15 is 0 Å². The molecule has 0 radical (unpaired) electrons. The number of allylic oxidation sites excluding steroid dienone is 1. The molecule has 1 aliphatic rings. The number of hydrogen-bond acceptors (Lipinski definition) is 7. The second kappa shape index (κ2) is 12.5. The van der Waals surface area contributed by atoms with Crippen LogP contribution in [0.3, 0.4) is 0 Å². The lowest BCUT2D eigenvalue weighted by Crippen LogP contribution is -2.54. The van der Waals surface area contributed by atoms with Gasteiger partial charge in [0.1, 0.15) is 12.7 Å². The molecular weight excluding hydrogens is 495 g/mol. The van der Waals surface area contributed by atoms with Gasteiger partial charge in [0, 0.05) is 11.4 Å². The maximum atomic E-state index is 13.1. The number of aliphatic hydroxyl groups excluding tert-OH is 2. The number of carbonyl (C=O) groups excluding carboxylic acids is 2. The highest BCUT2D eigenvalue weighted by Crippen LogP contribution is 2.34. The highest BCUT2D eigenvalue weighted by Gasteiger charge is 2.36. The average molecular weight is 519 g/mol. The van der Waals surface area contributed by atoms with E-state index in [-0.39, 0.29) is 17.0 Å². The van der Waals surface area contributed by atoms with Crippen molar-refractivity contribution in [2.24, 2.45) is 5.73 Å². The Labute approximate surface area is 210 Å². The Morgan fingerprint density at radius 1 is 1.22 bits per heavy atom. The molecule has 0 saturated heterocycles. The van der Waals surface area contributed by atoms with Gasteiger partial charge in [0.2, 0.25) is 5.96 Å². The van der Waals surface area contributed by atoms with Crippen LogP contribution < -0.4 is 10.6 Å².